The van der Waals surface area contributed by atoms with Gasteiger partial charge in [0.1, 0.15) is 5.75 Å². The molecule has 1 aromatic carbocycles. The number of phenols is 1. The summed E-state index contributed by atoms with van der Waals surface area (Å²) in [5, 5.41) is 21.0. The first-order chi connectivity index (χ1) is 8.04. The predicted molar refractivity (Wildman–Crippen MR) is 66.4 cm³/mol. The summed E-state index contributed by atoms with van der Waals surface area (Å²) in [6.45, 7) is 1.96. The predicted octanol–water partition coefficient (Wildman–Crippen LogP) is 1.94. The van der Waals surface area contributed by atoms with E-state index >= 15 is 0 Å². The van der Waals surface area contributed by atoms with Crippen LogP contribution in [0.2, 0.25) is 5.02 Å². The molecule has 0 saturated carbocycles. The fraction of sp³-hybridized carbons (Fsp3) is 0.417. The highest BCUT2D eigenvalue weighted by Crippen LogP contribution is 2.21. The number of benzene rings is 1. The molecule has 94 valence electrons. The van der Waals surface area contributed by atoms with Crippen LogP contribution in [0.5, 0.6) is 5.75 Å². The molecule has 0 saturated heterocycles. The van der Waals surface area contributed by atoms with Crippen molar-refractivity contribution in [2.24, 2.45) is 0 Å². The first-order valence-electron chi connectivity index (χ1n) is 5.45. The Hall–Kier alpha value is -1.26. The number of hydrogen-bond donors (Lipinski definition) is 3. The third kappa shape index (κ3) is 4.24. The quantitative estimate of drug-likeness (QED) is 0.755. The van der Waals surface area contributed by atoms with Crippen molar-refractivity contribution in [1.82, 2.24) is 5.32 Å². The maximum atomic E-state index is 11.8. The molecule has 4 nitrogen and oxygen atoms in total. The molecule has 0 aliphatic carbocycles. The lowest BCUT2D eigenvalue weighted by molar-refractivity contribution is 0.0936. The molecule has 5 heteroatoms. The summed E-state index contributed by atoms with van der Waals surface area (Å²) in [4.78, 5) is 11.8. The minimum atomic E-state index is -0.323. The highest BCUT2D eigenvalue weighted by molar-refractivity contribution is 6.33. The third-order valence-electron chi connectivity index (χ3n) is 2.37. The molecule has 0 heterocycles. The molecule has 0 radical (unpaired) electrons. The summed E-state index contributed by atoms with van der Waals surface area (Å²) < 4.78 is 0. The van der Waals surface area contributed by atoms with Gasteiger partial charge >= 0.3 is 0 Å². The van der Waals surface area contributed by atoms with Gasteiger partial charge in [0.15, 0.2) is 0 Å². The molecule has 17 heavy (non-hydrogen) atoms. The van der Waals surface area contributed by atoms with Crippen molar-refractivity contribution in [3.8, 4) is 5.75 Å². The second-order valence-electron chi connectivity index (χ2n) is 3.90. The van der Waals surface area contributed by atoms with Gasteiger partial charge in [-0.05, 0) is 38.0 Å². The van der Waals surface area contributed by atoms with E-state index in [0.29, 0.717) is 17.9 Å². The second-order valence-corrected chi connectivity index (χ2v) is 4.31. The smallest absolute Gasteiger partial charge is 0.253 e. The van der Waals surface area contributed by atoms with E-state index in [0.717, 1.165) is 0 Å². The molecule has 1 rings (SSSR count). The van der Waals surface area contributed by atoms with Crippen LogP contribution in [-0.4, -0.2) is 28.8 Å². The van der Waals surface area contributed by atoms with Crippen molar-refractivity contribution in [2.45, 2.75) is 25.8 Å². The monoisotopic (exact) mass is 257 g/mol. The summed E-state index contributed by atoms with van der Waals surface area (Å²) in [6, 6.07) is 4.18. The summed E-state index contributed by atoms with van der Waals surface area (Å²) in [5.41, 5.74) is 0.252. The Kier molecular flexibility index (Phi) is 5.25. The fourth-order valence-electron chi connectivity index (χ4n) is 1.46. The number of aliphatic hydroxyl groups excluding tert-OH is 1. The van der Waals surface area contributed by atoms with Gasteiger partial charge in [0.2, 0.25) is 0 Å². The first kappa shape index (κ1) is 13.8. The molecule has 0 fully saturated rings. The van der Waals surface area contributed by atoms with Crippen molar-refractivity contribution in [3.63, 3.8) is 0 Å². The van der Waals surface area contributed by atoms with Gasteiger partial charge in [0.05, 0.1) is 10.6 Å². The summed E-state index contributed by atoms with van der Waals surface area (Å²) >= 11 is 5.87. The van der Waals surface area contributed by atoms with Crippen LogP contribution < -0.4 is 5.32 Å². The lowest BCUT2D eigenvalue weighted by Crippen LogP contribution is -2.32. The number of phenolic OH excluding ortho intramolecular Hbond substituents is 1. The van der Waals surface area contributed by atoms with E-state index in [-0.39, 0.29) is 29.9 Å². The summed E-state index contributed by atoms with van der Waals surface area (Å²) in [7, 11) is 0. The maximum Gasteiger partial charge on any atom is 0.253 e. The molecule has 1 unspecified atom stereocenters. The number of aliphatic hydroxyl groups is 1. The van der Waals surface area contributed by atoms with Crippen LogP contribution in [0.15, 0.2) is 18.2 Å². The normalized spacial score (nSPS) is 12.2. The van der Waals surface area contributed by atoms with Gasteiger partial charge in [-0.25, -0.2) is 0 Å². The van der Waals surface area contributed by atoms with Gasteiger partial charge in [-0.3, -0.25) is 4.79 Å². The number of hydrogen-bond acceptors (Lipinski definition) is 3. The van der Waals surface area contributed by atoms with Crippen LogP contribution in [0.3, 0.4) is 0 Å². The summed E-state index contributed by atoms with van der Waals surface area (Å²) in [5.74, 6) is -0.320. The maximum absolute atomic E-state index is 11.8. The minimum absolute atomic E-state index is 0.00237. The molecular formula is C12H16ClNO3. The standard InChI is InChI=1S/C12H16ClNO3/c1-8(3-2-6-15)14-12(17)10-7-9(16)4-5-11(10)13/h4-5,7-8,15-16H,2-3,6H2,1H3,(H,14,17). The SMILES string of the molecule is CC(CCCO)NC(=O)c1cc(O)ccc1Cl. The van der Waals surface area contributed by atoms with Gasteiger partial charge in [-0.1, -0.05) is 11.6 Å². The van der Waals surface area contributed by atoms with Crippen LogP contribution in [0.4, 0.5) is 0 Å². The van der Waals surface area contributed by atoms with Crippen molar-refractivity contribution in [2.75, 3.05) is 6.61 Å². The highest BCUT2D eigenvalue weighted by atomic mass is 35.5. The molecule has 0 spiro atoms. The van der Waals surface area contributed by atoms with Crippen LogP contribution in [0.25, 0.3) is 0 Å². The topological polar surface area (TPSA) is 69.6 Å². The van der Waals surface area contributed by atoms with Gasteiger partial charge in [-0.15, -0.1) is 0 Å². The fourth-order valence-corrected chi connectivity index (χ4v) is 1.66. The minimum Gasteiger partial charge on any atom is -0.508 e. The molecule has 3 N–H and O–H groups in total. The number of aromatic hydroxyl groups is 1. The van der Waals surface area contributed by atoms with Crippen molar-refractivity contribution >= 4 is 17.5 Å². The molecular weight excluding hydrogens is 242 g/mol. The Morgan fingerprint density at radius 3 is 2.88 bits per heavy atom. The lowest BCUT2D eigenvalue weighted by atomic mass is 10.1. The highest BCUT2D eigenvalue weighted by Gasteiger charge is 2.13. The van der Waals surface area contributed by atoms with Gasteiger partial charge in [0, 0.05) is 12.6 Å². The number of halogens is 1. The van der Waals surface area contributed by atoms with Crippen LogP contribution >= 0.6 is 11.6 Å². The molecule has 0 bridgehead atoms. The van der Waals surface area contributed by atoms with Crippen LogP contribution in [-0.2, 0) is 0 Å². The molecule has 1 amide bonds. The number of carbonyl (C=O) groups excluding carboxylic acids is 1. The molecule has 0 aliphatic rings. The Morgan fingerprint density at radius 1 is 1.53 bits per heavy atom. The van der Waals surface area contributed by atoms with E-state index in [1.54, 1.807) is 0 Å². The molecule has 1 aromatic rings. The Balaban J connectivity index is 2.66. The van der Waals surface area contributed by atoms with E-state index in [4.69, 9.17) is 16.7 Å². The zero-order valence-corrected chi connectivity index (χ0v) is 10.4. The Bertz CT molecular complexity index is 395. The van der Waals surface area contributed by atoms with Crippen LogP contribution in [0.1, 0.15) is 30.1 Å². The zero-order chi connectivity index (χ0) is 12.8. The first-order valence-corrected chi connectivity index (χ1v) is 5.82. The lowest BCUT2D eigenvalue weighted by Gasteiger charge is -2.13. The Morgan fingerprint density at radius 2 is 2.24 bits per heavy atom. The molecule has 1 atom stereocenters. The van der Waals surface area contributed by atoms with Crippen LogP contribution in [0, 0.1) is 0 Å². The van der Waals surface area contributed by atoms with E-state index < -0.39 is 0 Å². The van der Waals surface area contributed by atoms with E-state index in [1.165, 1.54) is 18.2 Å². The average Bonchev–Trinajstić information content (AvgIpc) is 2.29. The molecule has 0 aromatic heterocycles. The van der Waals surface area contributed by atoms with E-state index in [2.05, 4.69) is 5.32 Å². The third-order valence-corrected chi connectivity index (χ3v) is 2.70. The van der Waals surface area contributed by atoms with Gasteiger partial charge in [0.25, 0.3) is 5.91 Å². The van der Waals surface area contributed by atoms with E-state index in [1.807, 2.05) is 6.92 Å². The van der Waals surface area contributed by atoms with Crippen molar-refractivity contribution in [1.29, 1.82) is 0 Å². The van der Waals surface area contributed by atoms with Gasteiger partial charge < -0.3 is 15.5 Å². The van der Waals surface area contributed by atoms with Crippen molar-refractivity contribution in [3.05, 3.63) is 28.8 Å². The zero-order valence-electron chi connectivity index (χ0n) is 9.61. The second kappa shape index (κ2) is 6.47. The number of carbonyl (C=O) groups is 1. The van der Waals surface area contributed by atoms with E-state index in [9.17, 15) is 9.90 Å². The van der Waals surface area contributed by atoms with Crippen molar-refractivity contribution < 1.29 is 15.0 Å². The average molecular weight is 258 g/mol. The van der Waals surface area contributed by atoms with Gasteiger partial charge in [-0.2, -0.15) is 0 Å². The number of rotatable bonds is 5. The Labute approximate surface area is 105 Å². The molecule has 0 aliphatic heterocycles. The number of amides is 1. The number of nitrogens with one attached hydrogen (secondary N) is 1. The largest absolute Gasteiger partial charge is 0.508 e. The summed E-state index contributed by atoms with van der Waals surface area (Å²) in [6.07, 6.45) is 1.33.